The number of hydrogen-bond donors (Lipinski definition) is 2. The standard InChI is InChI=1S/C17H28N4O/c1-4-18-16-6-5-15(10-19-16)17(22)20-9-14-7-8-21(12-14)11-13(2)3/h5-6,10,13-14H,4,7-9,11-12H2,1-3H3,(H,18,19)(H,20,22)/t14-/m0/s1. The fraction of sp³-hybridized carbons (Fsp3) is 0.647. The van der Waals surface area contributed by atoms with Gasteiger partial charge in [0.05, 0.1) is 5.56 Å². The average Bonchev–Trinajstić information content (AvgIpc) is 2.92. The summed E-state index contributed by atoms with van der Waals surface area (Å²) in [6.45, 7) is 11.5. The lowest BCUT2D eigenvalue weighted by Crippen LogP contribution is -2.31. The van der Waals surface area contributed by atoms with Crippen molar-refractivity contribution in [1.82, 2.24) is 15.2 Å². The third-order valence-corrected chi connectivity index (χ3v) is 3.93. The number of aromatic nitrogens is 1. The van der Waals surface area contributed by atoms with Gasteiger partial charge in [-0.25, -0.2) is 4.98 Å². The van der Waals surface area contributed by atoms with E-state index in [4.69, 9.17) is 0 Å². The maximum Gasteiger partial charge on any atom is 0.252 e. The summed E-state index contributed by atoms with van der Waals surface area (Å²) < 4.78 is 0. The summed E-state index contributed by atoms with van der Waals surface area (Å²) in [6.07, 6.45) is 2.80. The number of amides is 1. The molecule has 22 heavy (non-hydrogen) atoms. The van der Waals surface area contributed by atoms with Gasteiger partial charge in [-0.2, -0.15) is 0 Å². The second-order valence-corrected chi connectivity index (χ2v) is 6.48. The Hall–Kier alpha value is -1.62. The Morgan fingerprint density at radius 3 is 2.91 bits per heavy atom. The van der Waals surface area contributed by atoms with E-state index in [-0.39, 0.29) is 5.91 Å². The zero-order chi connectivity index (χ0) is 15.9. The molecule has 5 nitrogen and oxygen atoms in total. The number of pyridine rings is 1. The Morgan fingerprint density at radius 1 is 1.45 bits per heavy atom. The summed E-state index contributed by atoms with van der Waals surface area (Å²) in [6, 6.07) is 3.67. The van der Waals surface area contributed by atoms with Crippen molar-refractivity contribution >= 4 is 11.7 Å². The van der Waals surface area contributed by atoms with Gasteiger partial charge in [0.1, 0.15) is 5.82 Å². The largest absolute Gasteiger partial charge is 0.370 e. The summed E-state index contributed by atoms with van der Waals surface area (Å²) >= 11 is 0. The summed E-state index contributed by atoms with van der Waals surface area (Å²) in [5.74, 6) is 2.04. The van der Waals surface area contributed by atoms with Crippen LogP contribution < -0.4 is 10.6 Å². The van der Waals surface area contributed by atoms with Gasteiger partial charge in [0, 0.05) is 32.4 Å². The Morgan fingerprint density at radius 2 is 2.27 bits per heavy atom. The molecule has 1 aromatic heterocycles. The van der Waals surface area contributed by atoms with Gasteiger partial charge in [-0.15, -0.1) is 0 Å². The van der Waals surface area contributed by atoms with Crippen LogP contribution in [0.2, 0.25) is 0 Å². The number of hydrogen-bond acceptors (Lipinski definition) is 4. The SMILES string of the molecule is CCNc1ccc(C(=O)NC[C@@H]2CCN(CC(C)C)C2)cn1. The Bertz CT molecular complexity index is 472. The van der Waals surface area contributed by atoms with E-state index < -0.39 is 0 Å². The van der Waals surface area contributed by atoms with Crippen molar-refractivity contribution in [3.05, 3.63) is 23.9 Å². The first-order chi connectivity index (χ1) is 10.6. The first-order valence-electron chi connectivity index (χ1n) is 8.29. The molecule has 2 N–H and O–H groups in total. The summed E-state index contributed by atoms with van der Waals surface area (Å²) in [5, 5.41) is 6.16. The highest BCUT2D eigenvalue weighted by atomic mass is 16.1. The molecule has 1 aliphatic rings. The van der Waals surface area contributed by atoms with E-state index in [1.165, 1.54) is 6.42 Å². The van der Waals surface area contributed by atoms with Gasteiger partial charge in [0.2, 0.25) is 0 Å². The molecule has 5 heteroatoms. The second kappa shape index (κ2) is 8.13. The number of nitrogens with zero attached hydrogens (tertiary/aromatic N) is 2. The van der Waals surface area contributed by atoms with E-state index in [2.05, 4.69) is 34.4 Å². The van der Waals surface area contributed by atoms with Crippen LogP contribution in [-0.2, 0) is 0 Å². The van der Waals surface area contributed by atoms with Crippen molar-refractivity contribution in [3.63, 3.8) is 0 Å². The Labute approximate surface area is 133 Å². The first-order valence-corrected chi connectivity index (χ1v) is 8.29. The molecule has 1 atom stereocenters. The molecule has 0 spiro atoms. The minimum absolute atomic E-state index is 0.0298. The molecule has 0 bridgehead atoms. The van der Waals surface area contributed by atoms with Crippen molar-refractivity contribution in [2.75, 3.05) is 38.0 Å². The highest BCUT2D eigenvalue weighted by Crippen LogP contribution is 2.16. The average molecular weight is 304 g/mol. The molecule has 2 rings (SSSR count). The molecule has 1 aliphatic heterocycles. The maximum atomic E-state index is 12.1. The number of carbonyl (C=O) groups excluding carboxylic acids is 1. The molecule has 1 fully saturated rings. The Balaban J connectivity index is 1.76. The number of likely N-dealkylation sites (tertiary alicyclic amines) is 1. The van der Waals surface area contributed by atoms with Crippen LogP contribution in [0, 0.1) is 11.8 Å². The van der Waals surface area contributed by atoms with Gasteiger partial charge >= 0.3 is 0 Å². The maximum absolute atomic E-state index is 12.1. The van der Waals surface area contributed by atoms with Crippen LogP contribution in [0.1, 0.15) is 37.6 Å². The van der Waals surface area contributed by atoms with Crippen molar-refractivity contribution in [2.45, 2.75) is 27.2 Å². The molecule has 0 unspecified atom stereocenters. The molecular formula is C17H28N4O. The highest BCUT2D eigenvalue weighted by Gasteiger charge is 2.23. The van der Waals surface area contributed by atoms with Gasteiger partial charge in [-0.1, -0.05) is 13.8 Å². The van der Waals surface area contributed by atoms with Gasteiger partial charge in [-0.05, 0) is 43.9 Å². The van der Waals surface area contributed by atoms with Crippen molar-refractivity contribution in [2.24, 2.45) is 11.8 Å². The van der Waals surface area contributed by atoms with Gasteiger partial charge in [-0.3, -0.25) is 4.79 Å². The zero-order valence-electron chi connectivity index (χ0n) is 13.9. The van der Waals surface area contributed by atoms with Crippen molar-refractivity contribution in [3.8, 4) is 0 Å². The van der Waals surface area contributed by atoms with Crippen LogP contribution in [-0.4, -0.2) is 48.5 Å². The van der Waals surface area contributed by atoms with Crippen LogP contribution in [0.25, 0.3) is 0 Å². The van der Waals surface area contributed by atoms with E-state index in [1.807, 2.05) is 19.1 Å². The van der Waals surface area contributed by atoms with Gasteiger partial charge < -0.3 is 15.5 Å². The minimum Gasteiger partial charge on any atom is -0.370 e. The molecule has 122 valence electrons. The van der Waals surface area contributed by atoms with E-state index in [0.717, 1.165) is 38.5 Å². The molecule has 0 aromatic carbocycles. The molecule has 0 aliphatic carbocycles. The molecule has 1 aromatic rings. The highest BCUT2D eigenvalue weighted by molar-refractivity contribution is 5.94. The van der Waals surface area contributed by atoms with Crippen LogP contribution >= 0.6 is 0 Å². The fourth-order valence-corrected chi connectivity index (χ4v) is 2.91. The number of nitrogens with one attached hydrogen (secondary N) is 2. The summed E-state index contributed by atoms with van der Waals surface area (Å²) in [4.78, 5) is 18.9. The molecule has 2 heterocycles. The van der Waals surface area contributed by atoms with Crippen LogP contribution in [0.5, 0.6) is 0 Å². The summed E-state index contributed by atoms with van der Waals surface area (Å²) in [5.41, 5.74) is 0.624. The quantitative estimate of drug-likeness (QED) is 0.811. The van der Waals surface area contributed by atoms with Crippen LogP contribution in [0.4, 0.5) is 5.82 Å². The van der Waals surface area contributed by atoms with E-state index >= 15 is 0 Å². The fourth-order valence-electron chi connectivity index (χ4n) is 2.91. The third-order valence-electron chi connectivity index (χ3n) is 3.93. The topological polar surface area (TPSA) is 57.3 Å². The lowest BCUT2D eigenvalue weighted by molar-refractivity contribution is 0.0947. The van der Waals surface area contributed by atoms with Gasteiger partial charge in [0.15, 0.2) is 0 Å². The number of rotatable bonds is 7. The lowest BCUT2D eigenvalue weighted by atomic mass is 10.1. The molecular weight excluding hydrogens is 276 g/mol. The monoisotopic (exact) mass is 304 g/mol. The number of carbonyl (C=O) groups is 1. The molecule has 1 amide bonds. The number of anilines is 1. The summed E-state index contributed by atoms with van der Waals surface area (Å²) in [7, 11) is 0. The van der Waals surface area contributed by atoms with Crippen LogP contribution in [0.3, 0.4) is 0 Å². The predicted octanol–water partition coefficient (Wildman–Crippen LogP) is 2.22. The normalized spacial score (nSPS) is 18.6. The molecule has 1 saturated heterocycles. The first kappa shape index (κ1) is 16.7. The van der Waals surface area contributed by atoms with Crippen LogP contribution in [0.15, 0.2) is 18.3 Å². The third kappa shape index (κ3) is 4.98. The Kier molecular flexibility index (Phi) is 6.19. The minimum atomic E-state index is -0.0298. The smallest absolute Gasteiger partial charge is 0.252 e. The molecule has 0 radical (unpaired) electrons. The second-order valence-electron chi connectivity index (χ2n) is 6.48. The molecule has 0 saturated carbocycles. The van der Waals surface area contributed by atoms with Crippen molar-refractivity contribution < 1.29 is 4.79 Å². The van der Waals surface area contributed by atoms with E-state index in [0.29, 0.717) is 17.4 Å². The van der Waals surface area contributed by atoms with E-state index in [1.54, 1.807) is 6.20 Å². The lowest BCUT2D eigenvalue weighted by Gasteiger charge is -2.18. The van der Waals surface area contributed by atoms with Crippen molar-refractivity contribution in [1.29, 1.82) is 0 Å². The van der Waals surface area contributed by atoms with Gasteiger partial charge in [0.25, 0.3) is 5.91 Å². The zero-order valence-corrected chi connectivity index (χ0v) is 13.9. The predicted molar refractivity (Wildman–Crippen MR) is 90.1 cm³/mol. The van der Waals surface area contributed by atoms with E-state index in [9.17, 15) is 4.79 Å².